The van der Waals surface area contributed by atoms with Gasteiger partial charge in [-0.15, -0.1) is 0 Å². The monoisotopic (exact) mass is 213 g/mol. The first-order valence-electron chi connectivity index (χ1n) is 5.38. The Morgan fingerprint density at radius 1 is 1.47 bits per heavy atom. The second-order valence-corrected chi connectivity index (χ2v) is 3.43. The molecule has 0 aliphatic carbocycles. The third-order valence-corrected chi connectivity index (χ3v) is 2.36. The maximum Gasteiger partial charge on any atom is 0.231 e. The molecule has 1 aromatic heterocycles. The molecule has 0 saturated carbocycles. The fourth-order valence-corrected chi connectivity index (χ4v) is 1.34. The molecule has 86 valence electrons. The molecule has 2 atom stereocenters. The lowest BCUT2D eigenvalue weighted by atomic mass is 10.1. The van der Waals surface area contributed by atoms with E-state index in [-0.39, 0.29) is 12.0 Å². The van der Waals surface area contributed by atoms with Gasteiger partial charge in [0, 0.05) is 13.2 Å². The summed E-state index contributed by atoms with van der Waals surface area (Å²) in [6.45, 7) is 7.06. The molecule has 0 fully saturated rings. The van der Waals surface area contributed by atoms with Gasteiger partial charge in [-0.3, -0.25) is 0 Å². The van der Waals surface area contributed by atoms with E-state index < -0.39 is 0 Å². The van der Waals surface area contributed by atoms with Crippen molar-refractivity contribution >= 4 is 0 Å². The van der Waals surface area contributed by atoms with Crippen molar-refractivity contribution in [1.82, 2.24) is 10.1 Å². The number of rotatable bonds is 6. The number of nitrogens with two attached hydrogens (primary N) is 1. The van der Waals surface area contributed by atoms with Crippen LogP contribution in [0.3, 0.4) is 0 Å². The summed E-state index contributed by atoms with van der Waals surface area (Å²) in [5, 5.41) is 3.88. The molecule has 2 unspecified atom stereocenters. The Bertz CT molecular complexity index is 284. The Morgan fingerprint density at radius 2 is 2.20 bits per heavy atom. The third-order valence-electron chi connectivity index (χ3n) is 2.36. The molecule has 0 aromatic carbocycles. The SMILES string of the molecule is CCOC(C)c1noc(C(CC)CN)n1. The lowest BCUT2D eigenvalue weighted by molar-refractivity contribution is 0.0683. The minimum Gasteiger partial charge on any atom is -0.371 e. The van der Waals surface area contributed by atoms with Crippen LogP contribution in [-0.4, -0.2) is 23.3 Å². The number of hydrogen-bond acceptors (Lipinski definition) is 5. The predicted octanol–water partition coefficient (Wildman–Crippen LogP) is 1.62. The van der Waals surface area contributed by atoms with Crippen molar-refractivity contribution in [3.63, 3.8) is 0 Å². The van der Waals surface area contributed by atoms with Gasteiger partial charge in [0.05, 0.1) is 5.92 Å². The Balaban J connectivity index is 2.70. The van der Waals surface area contributed by atoms with E-state index in [1.165, 1.54) is 0 Å². The molecule has 1 aromatic rings. The lowest BCUT2D eigenvalue weighted by Gasteiger charge is -2.06. The Morgan fingerprint density at radius 3 is 2.73 bits per heavy atom. The van der Waals surface area contributed by atoms with Crippen LogP contribution < -0.4 is 5.73 Å². The van der Waals surface area contributed by atoms with E-state index in [1.807, 2.05) is 20.8 Å². The van der Waals surface area contributed by atoms with Gasteiger partial charge in [0.1, 0.15) is 6.10 Å². The smallest absolute Gasteiger partial charge is 0.231 e. The van der Waals surface area contributed by atoms with E-state index in [0.717, 1.165) is 6.42 Å². The highest BCUT2D eigenvalue weighted by atomic mass is 16.5. The summed E-state index contributed by atoms with van der Waals surface area (Å²) in [7, 11) is 0. The van der Waals surface area contributed by atoms with Crippen LogP contribution in [0.2, 0.25) is 0 Å². The number of hydrogen-bond donors (Lipinski definition) is 1. The van der Waals surface area contributed by atoms with Crippen LogP contribution in [0.25, 0.3) is 0 Å². The molecule has 5 heteroatoms. The van der Waals surface area contributed by atoms with Crippen molar-refractivity contribution in [2.24, 2.45) is 5.73 Å². The molecular weight excluding hydrogens is 194 g/mol. The highest BCUT2D eigenvalue weighted by molar-refractivity contribution is 4.96. The fourth-order valence-electron chi connectivity index (χ4n) is 1.34. The van der Waals surface area contributed by atoms with E-state index in [2.05, 4.69) is 10.1 Å². The van der Waals surface area contributed by atoms with Crippen molar-refractivity contribution in [3.05, 3.63) is 11.7 Å². The minimum atomic E-state index is -0.122. The zero-order chi connectivity index (χ0) is 11.3. The molecule has 0 spiro atoms. The summed E-state index contributed by atoms with van der Waals surface area (Å²) < 4.78 is 10.5. The standard InChI is InChI=1S/C10H19N3O2/c1-4-8(6-11)10-12-9(13-15-10)7(3)14-5-2/h7-8H,4-6,11H2,1-3H3. The molecule has 0 aliphatic rings. The van der Waals surface area contributed by atoms with Crippen molar-refractivity contribution < 1.29 is 9.26 Å². The lowest BCUT2D eigenvalue weighted by Crippen LogP contribution is -2.12. The molecule has 0 radical (unpaired) electrons. The van der Waals surface area contributed by atoms with Crippen LogP contribution in [0.1, 0.15) is 50.9 Å². The van der Waals surface area contributed by atoms with Gasteiger partial charge >= 0.3 is 0 Å². The summed E-state index contributed by atoms with van der Waals surface area (Å²) in [4.78, 5) is 4.29. The molecule has 1 heterocycles. The molecule has 0 bridgehead atoms. The van der Waals surface area contributed by atoms with Gasteiger partial charge in [-0.1, -0.05) is 12.1 Å². The highest BCUT2D eigenvalue weighted by Gasteiger charge is 2.18. The van der Waals surface area contributed by atoms with E-state index >= 15 is 0 Å². The van der Waals surface area contributed by atoms with Crippen molar-refractivity contribution in [3.8, 4) is 0 Å². The molecular formula is C10H19N3O2. The van der Waals surface area contributed by atoms with Crippen LogP contribution in [0.5, 0.6) is 0 Å². The average molecular weight is 213 g/mol. The summed E-state index contributed by atoms with van der Waals surface area (Å²) >= 11 is 0. The second kappa shape index (κ2) is 5.82. The summed E-state index contributed by atoms with van der Waals surface area (Å²) in [5.74, 6) is 1.36. The van der Waals surface area contributed by atoms with Crippen LogP contribution in [0, 0.1) is 0 Å². The van der Waals surface area contributed by atoms with Crippen LogP contribution in [-0.2, 0) is 4.74 Å². The third kappa shape index (κ3) is 3.00. The second-order valence-electron chi connectivity index (χ2n) is 3.43. The topological polar surface area (TPSA) is 74.2 Å². The minimum absolute atomic E-state index is 0.122. The van der Waals surface area contributed by atoms with Crippen molar-refractivity contribution in [2.45, 2.75) is 39.2 Å². The summed E-state index contributed by atoms with van der Waals surface area (Å²) in [6.07, 6.45) is 0.781. The Hall–Kier alpha value is -0.940. The van der Waals surface area contributed by atoms with Gasteiger partial charge in [-0.25, -0.2) is 0 Å². The molecule has 0 amide bonds. The fraction of sp³-hybridized carbons (Fsp3) is 0.800. The van der Waals surface area contributed by atoms with E-state index in [4.69, 9.17) is 15.0 Å². The van der Waals surface area contributed by atoms with E-state index in [9.17, 15) is 0 Å². The molecule has 15 heavy (non-hydrogen) atoms. The zero-order valence-electron chi connectivity index (χ0n) is 9.56. The van der Waals surface area contributed by atoms with E-state index in [1.54, 1.807) is 0 Å². The molecule has 0 saturated heterocycles. The summed E-state index contributed by atoms with van der Waals surface area (Å²) in [5.41, 5.74) is 5.60. The quantitative estimate of drug-likeness (QED) is 0.777. The van der Waals surface area contributed by atoms with Gasteiger partial charge in [0.25, 0.3) is 0 Å². The van der Waals surface area contributed by atoms with Gasteiger partial charge in [0.15, 0.2) is 5.82 Å². The number of aromatic nitrogens is 2. The number of nitrogens with zero attached hydrogens (tertiary/aromatic N) is 2. The first-order chi connectivity index (χ1) is 7.22. The van der Waals surface area contributed by atoms with Crippen LogP contribution in [0.15, 0.2) is 4.52 Å². The molecule has 1 rings (SSSR count). The Kier molecular flexibility index (Phi) is 4.71. The van der Waals surface area contributed by atoms with Crippen molar-refractivity contribution in [1.29, 1.82) is 0 Å². The first kappa shape index (κ1) is 12.1. The maximum absolute atomic E-state index is 5.60. The largest absolute Gasteiger partial charge is 0.371 e. The molecule has 0 aliphatic heterocycles. The van der Waals surface area contributed by atoms with Crippen LogP contribution in [0.4, 0.5) is 0 Å². The first-order valence-corrected chi connectivity index (χ1v) is 5.38. The highest BCUT2D eigenvalue weighted by Crippen LogP contribution is 2.19. The van der Waals surface area contributed by atoms with E-state index in [0.29, 0.717) is 24.9 Å². The molecule has 2 N–H and O–H groups in total. The van der Waals surface area contributed by atoms with Gasteiger partial charge in [0.2, 0.25) is 5.89 Å². The number of ether oxygens (including phenoxy) is 1. The van der Waals surface area contributed by atoms with Gasteiger partial charge < -0.3 is 15.0 Å². The molecule has 5 nitrogen and oxygen atoms in total. The van der Waals surface area contributed by atoms with Crippen LogP contribution >= 0.6 is 0 Å². The van der Waals surface area contributed by atoms with Crippen molar-refractivity contribution in [2.75, 3.05) is 13.2 Å². The normalized spacial score (nSPS) is 15.2. The summed E-state index contributed by atoms with van der Waals surface area (Å²) in [6, 6.07) is 0. The zero-order valence-corrected chi connectivity index (χ0v) is 9.56. The van der Waals surface area contributed by atoms with Gasteiger partial charge in [-0.05, 0) is 20.3 Å². The Labute approximate surface area is 90.0 Å². The maximum atomic E-state index is 5.60. The predicted molar refractivity (Wildman–Crippen MR) is 56.4 cm³/mol. The average Bonchev–Trinajstić information content (AvgIpc) is 2.69. The van der Waals surface area contributed by atoms with Gasteiger partial charge in [-0.2, -0.15) is 4.98 Å².